The minimum atomic E-state index is -3.04. The molecule has 7 nitrogen and oxygen atoms in total. The number of sulfone groups is 1. The maximum absolute atomic E-state index is 12.8. The molecule has 0 radical (unpaired) electrons. The van der Waals surface area contributed by atoms with Crippen LogP contribution in [0.25, 0.3) is 11.5 Å². The smallest absolute Gasteiger partial charge is 0.277 e. The number of hydrogen-bond acceptors (Lipinski definition) is 7. The molecule has 2 heterocycles. The van der Waals surface area contributed by atoms with Gasteiger partial charge in [-0.1, -0.05) is 30.0 Å². The second-order valence-electron chi connectivity index (χ2n) is 6.63. The first kappa shape index (κ1) is 19.9. The summed E-state index contributed by atoms with van der Waals surface area (Å²) in [5.74, 6) is 0.499. The minimum Gasteiger partial charge on any atom is -0.411 e. The van der Waals surface area contributed by atoms with Crippen LogP contribution in [-0.4, -0.2) is 58.8 Å². The lowest BCUT2D eigenvalue weighted by Crippen LogP contribution is -2.44. The predicted octanol–water partition coefficient (Wildman–Crippen LogP) is 2.56. The Bertz CT molecular complexity index is 926. The SMILES string of the molecule is CCN(C(=O)[C@H](C)Sc1nnc(-c2ccccc2C)o1)[C@H]1CCS(=O)(=O)C1. The number of carbonyl (C=O) groups excluding carboxylic acids is 1. The van der Waals surface area contributed by atoms with E-state index in [1.165, 1.54) is 11.8 Å². The van der Waals surface area contributed by atoms with Gasteiger partial charge in [-0.3, -0.25) is 4.79 Å². The highest BCUT2D eigenvalue weighted by atomic mass is 32.2. The van der Waals surface area contributed by atoms with Gasteiger partial charge >= 0.3 is 0 Å². The fourth-order valence-electron chi connectivity index (χ4n) is 3.23. The fourth-order valence-corrected chi connectivity index (χ4v) is 5.71. The van der Waals surface area contributed by atoms with Crippen molar-refractivity contribution in [2.75, 3.05) is 18.1 Å². The molecule has 1 aromatic heterocycles. The summed E-state index contributed by atoms with van der Waals surface area (Å²) in [4.78, 5) is 14.5. The van der Waals surface area contributed by atoms with Crippen LogP contribution >= 0.6 is 11.8 Å². The molecule has 0 bridgehead atoms. The van der Waals surface area contributed by atoms with Crippen LogP contribution in [0.5, 0.6) is 0 Å². The van der Waals surface area contributed by atoms with Gasteiger partial charge < -0.3 is 9.32 Å². The summed E-state index contributed by atoms with van der Waals surface area (Å²) in [5.41, 5.74) is 1.89. The van der Waals surface area contributed by atoms with E-state index in [9.17, 15) is 13.2 Å². The summed E-state index contributed by atoms with van der Waals surface area (Å²) >= 11 is 1.19. The van der Waals surface area contributed by atoms with Gasteiger partial charge in [0.05, 0.1) is 16.8 Å². The zero-order chi connectivity index (χ0) is 19.6. The standard InChI is InChI=1S/C18H23N3O4S2/c1-4-21(14-9-10-27(23,24)11-14)17(22)13(3)26-18-20-19-16(25-18)15-8-6-5-7-12(15)2/h5-8,13-14H,4,9-11H2,1-3H3/t13-,14-/m0/s1. The quantitative estimate of drug-likeness (QED) is 0.677. The molecule has 2 atom stereocenters. The molecule has 27 heavy (non-hydrogen) atoms. The van der Waals surface area contributed by atoms with E-state index in [1.807, 2.05) is 38.1 Å². The third-order valence-corrected chi connectivity index (χ3v) is 7.35. The summed E-state index contributed by atoms with van der Waals surface area (Å²) in [7, 11) is -3.04. The third-order valence-electron chi connectivity index (χ3n) is 4.68. The Balaban J connectivity index is 1.69. The molecule has 1 amide bonds. The van der Waals surface area contributed by atoms with E-state index in [2.05, 4.69) is 10.2 Å². The van der Waals surface area contributed by atoms with Crippen molar-refractivity contribution < 1.29 is 17.6 Å². The van der Waals surface area contributed by atoms with Gasteiger partial charge in [-0.2, -0.15) is 0 Å². The second-order valence-corrected chi connectivity index (χ2v) is 10.2. The normalized spacial score (nSPS) is 19.7. The number of nitrogens with zero attached hydrogens (tertiary/aromatic N) is 3. The van der Waals surface area contributed by atoms with Crippen molar-refractivity contribution in [1.82, 2.24) is 15.1 Å². The molecule has 146 valence electrons. The van der Waals surface area contributed by atoms with E-state index in [0.717, 1.165) is 11.1 Å². The van der Waals surface area contributed by atoms with Crippen LogP contribution in [0.3, 0.4) is 0 Å². The fraction of sp³-hybridized carbons (Fsp3) is 0.500. The molecule has 0 unspecified atom stereocenters. The van der Waals surface area contributed by atoms with Crippen molar-refractivity contribution in [3.8, 4) is 11.5 Å². The minimum absolute atomic E-state index is 0.0436. The summed E-state index contributed by atoms with van der Waals surface area (Å²) in [6.07, 6.45) is 0.497. The summed E-state index contributed by atoms with van der Waals surface area (Å²) in [5, 5.41) is 8.00. The molecule has 3 rings (SSSR count). The zero-order valence-electron chi connectivity index (χ0n) is 15.6. The largest absolute Gasteiger partial charge is 0.411 e. The number of aromatic nitrogens is 2. The number of amides is 1. The number of rotatable bonds is 6. The summed E-state index contributed by atoms with van der Waals surface area (Å²) in [6.45, 7) is 6.08. The zero-order valence-corrected chi connectivity index (χ0v) is 17.2. The molecule has 0 spiro atoms. The Morgan fingerprint density at radius 1 is 1.37 bits per heavy atom. The number of hydrogen-bond donors (Lipinski definition) is 0. The highest BCUT2D eigenvalue weighted by Gasteiger charge is 2.35. The van der Waals surface area contributed by atoms with E-state index in [0.29, 0.717) is 24.1 Å². The van der Waals surface area contributed by atoms with Gasteiger partial charge in [0.1, 0.15) is 0 Å². The highest BCUT2D eigenvalue weighted by Crippen LogP contribution is 2.29. The van der Waals surface area contributed by atoms with Crippen molar-refractivity contribution >= 4 is 27.5 Å². The van der Waals surface area contributed by atoms with E-state index in [1.54, 1.807) is 11.8 Å². The molecular formula is C18H23N3O4S2. The number of aryl methyl sites for hydroxylation is 1. The van der Waals surface area contributed by atoms with Crippen molar-refractivity contribution in [2.24, 2.45) is 0 Å². The molecule has 1 saturated heterocycles. The molecular weight excluding hydrogens is 386 g/mol. The first-order chi connectivity index (χ1) is 12.8. The van der Waals surface area contributed by atoms with Gasteiger partial charge in [0.2, 0.25) is 11.8 Å². The van der Waals surface area contributed by atoms with Crippen LogP contribution in [-0.2, 0) is 14.6 Å². The van der Waals surface area contributed by atoms with Crippen LogP contribution in [0.4, 0.5) is 0 Å². The van der Waals surface area contributed by atoms with Crippen LogP contribution in [0.1, 0.15) is 25.8 Å². The lowest BCUT2D eigenvalue weighted by atomic mass is 10.1. The van der Waals surface area contributed by atoms with Crippen LogP contribution in [0, 0.1) is 6.92 Å². The lowest BCUT2D eigenvalue weighted by molar-refractivity contribution is -0.131. The molecule has 2 aromatic rings. The van der Waals surface area contributed by atoms with E-state index in [-0.39, 0.29) is 23.5 Å². The Hall–Kier alpha value is -1.87. The van der Waals surface area contributed by atoms with Gasteiger partial charge in [0.15, 0.2) is 9.84 Å². The molecule has 1 aromatic carbocycles. The predicted molar refractivity (Wildman–Crippen MR) is 104 cm³/mol. The Morgan fingerprint density at radius 3 is 2.74 bits per heavy atom. The van der Waals surface area contributed by atoms with Crippen LogP contribution < -0.4 is 0 Å². The van der Waals surface area contributed by atoms with Gasteiger partial charge in [0, 0.05) is 18.2 Å². The number of carbonyl (C=O) groups is 1. The molecule has 9 heteroatoms. The van der Waals surface area contributed by atoms with Gasteiger partial charge in [-0.15, -0.1) is 10.2 Å². The maximum Gasteiger partial charge on any atom is 0.277 e. The first-order valence-electron chi connectivity index (χ1n) is 8.88. The van der Waals surface area contributed by atoms with Crippen molar-refractivity contribution in [3.63, 3.8) is 0 Å². The third kappa shape index (κ3) is 4.52. The van der Waals surface area contributed by atoms with Crippen molar-refractivity contribution in [1.29, 1.82) is 0 Å². The topological polar surface area (TPSA) is 93.4 Å². The lowest BCUT2D eigenvalue weighted by Gasteiger charge is -2.28. The molecule has 1 aliphatic rings. The van der Waals surface area contributed by atoms with Gasteiger partial charge in [-0.25, -0.2) is 8.42 Å². The molecule has 0 N–H and O–H groups in total. The first-order valence-corrected chi connectivity index (χ1v) is 11.6. The second kappa shape index (κ2) is 8.02. The van der Waals surface area contributed by atoms with Gasteiger partial charge in [-0.05, 0) is 38.8 Å². The summed E-state index contributed by atoms with van der Waals surface area (Å²) in [6, 6.07) is 7.47. The molecule has 1 fully saturated rings. The average Bonchev–Trinajstić information content (AvgIpc) is 3.22. The van der Waals surface area contributed by atoms with Crippen LogP contribution in [0.15, 0.2) is 33.9 Å². The molecule has 1 aliphatic heterocycles. The molecule has 0 aliphatic carbocycles. The van der Waals surface area contributed by atoms with Crippen molar-refractivity contribution in [2.45, 2.75) is 43.7 Å². The number of benzene rings is 1. The van der Waals surface area contributed by atoms with Crippen LogP contribution in [0.2, 0.25) is 0 Å². The molecule has 0 saturated carbocycles. The van der Waals surface area contributed by atoms with Crippen molar-refractivity contribution in [3.05, 3.63) is 29.8 Å². The van der Waals surface area contributed by atoms with E-state index >= 15 is 0 Å². The Morgan fingerprint density at radius 2 is 2.11 bits per heavy atom. The maximum atomic E-state index is 12.8. The van der Waals surface area contributed by atoms with E-state index < -0.39 is 15.1 Å². The number of thioether (sulfide) groups is 1. The average molecular weight is 410 g/mol. The monoisotopic (exact) mass is 409 g/mol. The van der Waals surface area contributed by atoms with E-state index in [4.69, 9.17) is 4.42 Å². The Labute approximate surface area is 163 Å². The summed E-state index contributed by atoms with van der Waals surface area (Å²) < 4.78 is 29.2. The van der Waals surface area contributed by atoms with Gasteiger partial charge in [0.25, 0.3) is 5.22 Å². The Kier molecular flexibility index (Phi) is 5.90. The highest BCUT2D eigenvalue weighted by molar-refractivity contribution is 8.00.